The lowest BCUT2D eigenvalue weighted by Crippen LogP contribution is -2.23. The van der Waals surface area contributed by atoms with Gasteiger partial charge in [-0.3, -0.25) is 14.4 Å². The van der Waals surface area contributed by atoms with Gasteiger partial charge in [-0.1, -0.05) is 24.3 Å². The van der Waals surface area contributed by atoms with E-state index in [4.69, 9.17) is 9.15 Å². The van der Waals surface area contributed by atoms with Crippen LogP contribution in [0.5, 0.6) is 0 Å². The number of hydrogen-bond acceptors (Lipinski definition) is 8. The predicted molar refractivity (Wildman–Crippen MR) is 152 cm³/mol. The third-order valence-electron chi connectivity index (χ3n) is 5.53. The molecule has 200 valence electrons. The number of thiophene rings is 1. The third kappa shape index (κ3) is 6.75. The fourth-order valence-corrected chi connectivity index (χ4v) is 5.61. The highest BCUT2D eigenvalue weighted by atomic mass is 32.2. The second-order valence-electron chi connectivity index (χ2n) is 8.28. The summed E-state index contributed by atoms with van der Waals surface area (Å²) in [7, 11) is 1.24. The van der Waals surface area contributed by atoms with Gasteiger partial charge in [0.15, 0.2) is 5.76 Å². The lowest BCUT2D eigenvalue weighted by atomic mass is 10.1. The number of carbonyl (C=O) groups is 4. The summed E-state index contributed by atoms with van der Waals surface area (Å²) >= 11 is 2.28. The Labute approximate surface area is 232 Å². The number of benzene rings is 2. The van der Waals surface area contributed by atoms with Gasteiger partial charge in [0.05, 0.1) is 29.1 Å². The van der Waals surface area contributed by atoms with Crippen LogP contribution in [0.4, 0.5) is 16.4 Å². The van der Waals surface area contributed by atoms with E-state index in [1.807, 2.05) is 12.1 Å². The summed E-state index contributed by atoms with van der Waals surface area (Å²) in [5.41, 5.74) is 1.70. The van der Waals surface area contributed by atoms with Gasteiger partial charge in [-0.2, -0.15) is 0 Å². The molecule has 0 fully saturated rings. The van der Waals surface area contributed by atoms with E-state index in [0.717, 1.165) is 16.2 Å². The lowest BCUT2D eigenvalue weighted by molar-refractivity contribution is -0.115. The Balaban J connectivity index is 1.47. The summed E-state index contributed by atoms with van der Waals surface area (Å²) in [6.45, 7) is 3.36. The predicted octanol–water partition coefficient (Wildman–Crippen LogP) is 6.06. The normalized spacial score (nSPS) is 11.4. The number of hydrogen-bond donors (Lipinski definition) is 3. The van der Waals surface area contributed by atoms with Crippen molar-refractivity contribution in [3.8, 4) is 0 Å². The second-order valence-corrected chi connectivity index (χ2v) is 10.7. The standard InChI is InChI=1S/C28H25N3O6S2/c1-16-22(28(35)36-3)27(39-23(16)26(34)29-18-9-5-4-6-10-18)31-24(32)17(2)38-20-12-7-11-19(15-20)30-25(33)21-13-8-14-37-21/h4-15,17H,1-3H3,(H,29,34)(H,30,33)(H,31,32). The van der Waals surface area contributed by atoms with E-state index >= 15 is 0 Å². The van der Waals surface area contributed by atoms with Crippen LogP contribution in [-0.2, 0) is 9.53 Å². The van der Waals surface area contributed by atoms with Crippen molar-refractivity contribution in [2.24, 2.45) is 0 Å². The molecule has 4 aromatic rings. The van der Waals surface area contributed by atoms with Gasteiger partial charge in [-0.25, -0.2) is 4.79 Å². The highest BCUT2D eigenvalue weighted by molar-refractivity contribution is 8.00. The van der Waals surface area contributed by atoms with Crippen molar-refractivity contribution in [2.45, 2.75) is 24.0 Å². The third-order valence-corrected chi connectivity index (χ3v) is 7.83. The van der Waals surface area contributed by atoms with E-state index in [1.54, 1.807) is 68.4 Å². The van der Waals surface area contributed by atoms with Crippen molar-refractivity contribution in [1.29, 1.82) is 0 Å². The molecule has 1 atom stereocenters. The second kappa shape index (κ2) is 12.5. The molecule has 0 aliphatic rings. The number of ether oxygens (including phenoxy) is 1. The molecule has 0 aliphatic carbocycles. The molecule has 1 unspecified atom stereocenters. The molecule has 2 aromatic heterocycles. The van der Waals surface area contributed by atoms with E-state index in [0.29, 0.717) is 16.9 Å². The Morgan fingerprint density at radius 3 is 2.31 bits per heavy atom. The Hall–Kier alpha value is -4.35. The minimum atomic E-state index is -0.655. The molecule has 4 rings (SSSR count). The Kier molecular flexibility index (Phi) is 8.84. The van der Waals surface area contributed by atoms with Gasteiger partial charge < -0.3 is 25.1 Å². The first-order valence-corrected chi connectivity index (χ1v) is 13.5. The number of anilines is 3. The minimum Gasteiger partial charge on any atom is -0.465 e. The molecule has 11 heteroatoms. The van der Waals surface area contributed by atoms with Gasteiger partial charge in [-0.15, -0.1) is 23.1 Å². The summed E-state index contributed by atoms with van der Waals surface area (Å²) in [5.74, 6) is -1.62. The Morgan fingerprint density at radius 2 is 1.62 bits per heavy atom. The molecule has 0 spiro atoms. The maximum absolute atomic E-state index is 13.1. The molecule has 0 bridgehead atoms. The number of nitrogens with one attached hydrogen (secondary N) is 3. The molecular formula is C28H25N3O6S2. The SMILES string of the molecule is COC(=O)c1c(NC(=O)C(C)Sc2cccc(NC(=O)c3ccco3)c2)sc(C(=O)Nc2ccccc2)c1C. The molecule has 3 amide bonds. The Bertz CT molecular complexity index is 1500. The van der Waals surface area contributed by atoms with Crippen LogP contribution in [-0.4, -0.2) is 36.1 Å². The van der Waals surface area contributed by atoms with E-state index in [-0.39, 0.29) is 33.0 Å². The zero-order valence-electron chi connectivity index (χ0n) is 21.3. The van der Waals surface area contributed by atoms with Crippen molar-refractivity contribution in [3.63, 3.8) is 0 Å². The van der Waals surface area contributed by atoms with Crippen molar-refractivity contribution in [2.75, 3.05) is 23.1 Å². The zero-order chi connectivity index (χ0) is 27.9. The first kappa shape index (κ1) is 27.7. The molecular weight excluding hydrogens is 538 g/mol. The van der Waals surface area contributed by atoms with Crippen LogP contribution >= 0.6 is 23.1 Å². The number of methoxy groups -OCH3 is 1. The quantitative estimate of drug-likeness (QED) is 0.167. The number of furan rings is 1. The first-order valence-electron chi connectivity index (χ1n) is 11.8. The monoisotopic (exact) mass is 563 g/mol. The van der Waals surface area contributed by atoms with Crippen molar-refractivity contribution >= 4 is 63.2 Å². The van der Waals surface area contributed by atoms with Crippen LogP contribution in [0, 0.1) is 6.92 Å². The molecule has 2 aromatic carbocycles. The van der Waals surface area contributed by atoms with Crippen LogP contribution in [0.2, 0.25) is 0 Å². The van der Waals surface area contributed by atoms with Crippen LogP contribution in [0.1, 0.15) is 43.1 Å². The first-order chi connectivity index (χ1) is 18.8. The van der Waals surface area contributed by atoms with Crippen LogP contribution in [0.15, 0.2) is 82.3 Å². The van der Waals surface area contributed by atoms with E-state index in [2.05, 4.69) is 16.0 Å². The average Bonchev–Trinajstić information content (AvgIpc) is 3.57. The average molecular weight is 564 g/mol. The number of thioether (sulfide) groups is 1. The van der Waals surface area contributed by atoms with Gasteiger partial charge in [0.2, 0.25) is 5.91 Å². The number of para-hydroxylation sites is 1. The van der Waals surface area contributed by atoms with E-state index in [1.165, 1.54) is 25.1 Å². The lowest BCUT2D eigenvalue weighted by Gasteiger charge is -2.13. The van der Waals surface area contributed by atoms with Crippen molar-refractivity contribution in [1.82, 2.24) is 0 Å². The molecule has 0 saturated carbocycles. The molecule has 0 saturated heterocycles. The van der Waals surface area contributed by atoms with Crippen molar-refractivity contribution < 1.29 is 28.3 Å². The van der Waals surface area contributed by atoms with E-state index < -0.39 is 17.1 Å². The van der Waals surface area contributed by atoms with Crippen LogP contribution in [0.3, 0.4) is 0 Å². The van der Waals surface area contributed by atoms with E-state index in [9.17, 15) is 19.2 Å². The molecule has 0 aliphatic heterocycles. The zero-order valence-corrected chi connectivity index (χ0v) is 22.9. The summed E-state index contributed by atoms with van der Waals surface area (Å²) in [6.07, 6.45) is 1.42. The van der Waals surface area contributed by atoms with Gasteiger partial charge in [0, 0.05) is 16.3 Å². The van der Waals surface area contributed by atoms with Crippen LogP contribution in [0.25, 0.3) is 0 Å². The molecule has 2 heterocycles. The van der Waals surface area contributed by atoms with Gasteiger partial charge in [0.1, 0.15) is 5.00 Å². The van der Waals surface area contributed by atoms with Gasteiger partial charge in [0.25, 0.3) is 11.8 Å². The van der Waals surface area contributed by atoms with Crippen molar-refractivity contribution in [3.05, 3.63) is 94.8 Å². The van der Waals surface area contributed by atoms with Crippen LogP contribution < -0.4 is 16.0 Å². The molecule has 3 N–H and O–H groups in total. The highest BCUT2D eigenvalue weighted by Gasteiger charge is 2.27. The molecule has 0 radical (unpaired) electrons. The topological polar surface area (TPSA) is 127 Å². The highest BCUT2D eigenvalue weighted by Crippen LogP contribution is 2.35. The number of rotatable bonds is 9. The Morgan fingerprint density at radius 1 is 0.897 bits per heavy atom. The summed E-state index contributed by atoms with van der Waals surface area (Å²) < 4.78 is 10.0. The molecule has 39 heavy (non-hydrogen) atoms. The number of amides is 3. The maximum atomic E-state index is 13.1. The fraction of sp³-hybridized carbons (Fsp3) is 0.143. The summed E-state index contributed by atoms with van der Waals surface area (Å²) in [5, 5.41) is 8.00. The largest absolute Gasteiger partial charge is 0.465 e. The number of esters is 1. The summed E-state index contributed by atoms with van der Waals surface area (Å²) in [6, 6.07) is 19.2. The minimum absolute atomic E-state index is 0.133. The fourth-order valence-electron chi connectivity index (χ4n) is 3.59. The van der Waals surface area contributed by atoms with Gasteiger partial charge in [-0.05, 0) is 61.9 Å². The van der Waals surface area contributed by atoms with Gasteiger partial charge >= 0.3 is 5.97 Å². The number of carbonyl (C=O) groups excluding carboxylic acids is 4. The maximum Gasteiger partial charge on any atom is 0.341 e. The molecule has 9 nitrogen and oxygen atoms in total. The smallest absolute Gasteiger partial charge is 0.341 e. The summed E-state index contributed by atoms with van der Waals surface area (Å²) in [4.78, 5) is 51.9.